The molecule has 1 fully saturated rings. The monoisotopic (exact) mass is 330 g/mol. The van der Waals surface area contributed by atoms with Crippen LogP contribution in [0.3, 0.4) is 0 Å². The summed E-state index contributed by atoms with van der Waals surface area (Å²) in [6, 6.07) is 4.58. The Labute approximate surface area is 139 Å². The number of hydrogen-bond donors (Lipinski definition) is 0. The molecule has 2 bridgehead atoms. The van der Waals surface area contributed by atoms with Crippen LogP contribution in [0.5, 0.6) is 5.75 Å². The lowest BCUT2D eigenvalue weighted by Crippen LogP contribution is -2.42. The Kier molecular flexibility index (Phi) is 3.51. The van der Waals surface area contributed by atoms with Crippen molar-refractivity contribution >= 4 is 5.91 Å². The van der Waals surface area contributed by atoms with Gasteiger partial charge >= 0.3 is 0 Å². The fraction of sp³-hybridized carbons (Fsp3) is 0.471. The molecule has 2 atom stereocenters. The molecule has 4 rings (SSSR count). The molecule has 126 valence electrons. The van der Waals surface area contributed by atoms with Gasteiger partial charge in [-0.2, -0.15) is 0 Å². The first-order chi connectivity index (χ1) is 11.6. The molecule has 24 heavy (non-hydrogen) atoms. The minimum absolute atomic E-state index is 0.0949. The number of methoxy groups -OCH3 is 1. The standard InChI is InChI=1S/C17H19FN4O2/c1-10-19-20-16-8-12-4-5-13(9-21(10)16)22(12)17(23)11-3-6-15(24-2)14(18)7-11/h3,6-7,12-13H,4-5,8-9H2,1-2H3. The third-order valence-electron chi connectivity index (χ3n) is 5.08. The molecule has 1 aromatic heterocycles. The van der Waals surface area contributed by atoms with E-state index in [9.17, 15) is 9.18 Å². The zero-order valence-electron chi connectivity index (χ0n) is 13.7. The normalized spacial score (nSPS) is 22.2. The Morgan fingerprint density at radius 3 is 2.83 bits per heavy atom. The van der Waals surface area contributed by atoms with E-state index in [2.05, 4.69) is 14.8 Å². The second-order valence-electron chi connectivity index (χ2n) is 6.42. The number of amides is 1. The fourth-order valence-corrected chi connectivity index (χ4v) is 3.86. The van der Waals surface area contributed by atoms with E-state index in [-0.39, 0.29) is 23.7 Å². The van der Waals surface area contributed by atoms with E-state index in [1.165, 1.54) is 19.2 Å². The maximum absolute atomic E-state index is 14.0. The number of halogens is 1. The highest BCUT2D eigenvalue weighted by atomic mass is 19.1. The first kappa shape index (κ1) is 15.1. The lowest BCUT2D eigenvalue weighted by atomic mass is 10.1. The number of carbonyl (C=O) groups excluding carboxylic acids is 1. The Bertz CT molecular complexity index is 804. The van der Waals surface area contributed by atoms with E-state index < -0.39 is 5.82 Å². The lowest BCUT2D eigenvalue weighted by molar-refractivity contribution is 0.0664. The largest absolute Gasteiger partial charge is 0.494 e. The van der Waals surface area contributed by atoms with E-state index >= 15 is 0 Å². The number of aryl methyl sites for hydroxylation is 1. The molecule has 1 saturated heterocycles. The van der Waals surface area contributed by atoms with Gasteiger partial charge in [0, 0.05) is 24.6 Å². The second-order valence-corrected chi connectivity index (χ2v) is 6.42. The summed E-state index contributed by atoms with van der Waals surface area (Å²) < 4.78 is 21.0. The van der Waals surface area contributed by atoms with Gasteiger partial charge in [0.05, 0.1) is 13.2 Å². The Balaban J connectivity index is 1.65. The predicted octanol–water partition coefficient (Wildman–Crippen LogP) is 1.96. The van der Waals surface area contributed by atoms with Crippen molar-refractivity contribution in [2.75, 3.05) is 7.11 Å². The van der Waals surface area contributed by atoms with Gasteiger partial charge in [0.25, 0.3) is 5.91 Å². The highest BCUT2D eigenvalue weighted by Crippen LogP contribution is 2.33. The average molecular weight is 330 g/mol. The minimum Gasteiger partial charge on any atom is -0.494 e. The molecule has 2 unspecified atom stereocenters. The number of benzene rings is 1. The molecule has 1 aromatic carbocycles. The highest BCUT2D eigenvalue weighted by molar-refractivity contribution is 5.95. The summed E-state index contributed by atoms with van der Waals surface area (Å²) in [5, 5.41) is 8.38. The fourth-order valence-electron chi connectivity index (χ4n) is 3.86. The number of carbonyl (C=O) groups is 1. The smallest absolute Gasteiger partial charge is 0.254 e. The average Bonchev–Trinajstić information content (AvgIpc) is 3.05. The number of ether oxygens (including phenoxy) is 1. The van der Waals surface area contributed by atoms with E-state index in [1.54, 1.807) is 6.07 Å². The van der Waals surface area contributed by atoms with Gasteiger partial charge < -0.3 is 14.2 Å². The van der Waals surface area contributed by atoms with Crippen molar-refractivity contribution in [3.05, 3.63) is 41.2 Å². The summed E-state index contributed by atoms with van der Waals surface area (Å²) in [6.07, 6.45) is 2.59. The van der Waals surface area contributed by atoms with E-state index in [4.69, 9.17) is 4.74 Å². The third-order valence-corrected chi connectivity index (χ3v) is 5.08. The van der Waals surface area contributed by atoms with Crippen LogP contribution in [0.2, 0.25) is 0 Å². The molecule has 0 aliphatic carbocycles. The van der Waals surface area contributed by atoms with Gasteiger partial charge in [0.1, 0.15) is 11.6 Å². The third kappa shape index (κ3) is 2.26. The zero-order valence-corrected chi connectivity index (χ0v) is 13.7. The van der Waals surface area contributed by atoms with Crippen molar-refractivity contribution in [1.29, 1.82) is 0 Å². The topological polar surface area (TPSA) is 60.2 Å². The van der Waals surface area contributed by atoms with Crippen molar-refractivity contribution < 1.29 is 13.9 Å². The summed E-state index contributed by atoms with van der Waals surface area (Å²) in [4.78, 5) is 14.9. The maximum Gasteiger partial charge on any atom is 0.254 e. The molecule has 7 heteroatoms. The summed E-state index contributed by atoms with van der Waals surface area (Å²) in [5.74, 6) is 1.31. The highest BCUT2D eigenvalue weighted by Gasteiger charge is 2.41. The van der Waals surface area contributed by atoms with Crippen LogP contribution in [0.4, 0.5) is 4.39 Å². The number of nitrogens with zero attached hydrogens (tertiary/aromatic N) is 4. The van der Waals surface area contributed by atoms with Crippen molar-refractivity contribution in [3.63, 3.8) is 0 Å². The number of rotatable bonds is 2. The molecule has 0 spiro atoms. The quantitative estimate of drug-likeness (QED) is 0.845. The second kappa shape index (κ2) is 5.58. The summed E-state index contributed by atoms with van der Waals surface area (Å²) in [5.41, 5.74) is 0.361. The van der Waals surface area contributed by atoms with Crippen LogP contribution in [-0.2, 0) is 13.0 Å². The predicted molar refractivity (Wildman–Crippen MR) is 84.4 cm³/mol. The number of hydrogen-bond acceptors (Lipinski definition) is 4. The van der Waals surface area contributed by atoms with Crippen LogP contribution in [-0.4, -0.2) is 44.8 Å². The Morgan fingerprint density at radius 2 is 2.08 bits per heavy atom. The molecule has 0 radical (unpaired) electrons. The molecule has 2 aliphatic rings. The van der Waals surface area contributed by atoms with Gasteiger partial charge in [0.2, 0.25) is 0 Å². The van der Waals surface area contributed by atoms with Gasteiger partial charge in [-0.1, -0.05) is 0 Å². The van der Waals surface area contributed by atoms with Crippen molar-refractivity contribution in [1.82, 2.24) is 19.7 Å². The molecular formula is C17H19FN4O2. The molecule has 6 nitrogen and oxygen atoms in total. The molecule has 0 saturated carbocycles. The summed E-state index contributed by atoms with van der Waals surface area (Å²) in [7, 11) is 1.41. The van der Waals surface area contributed by atoms with Crippen molar-refractivity contribution in [2.45, 2.75) is 44.8 Å². The summed E-state index contributed by atoms with van der Waals surface area (Å²) in [6.45, 7) is 2.63. The maximum atomic E-state index is 14.0. The number of aromatic nitrogens is 3. The van der Waals surface area contributed by atoms with Crippen LogP contribution in [0.15, 0.2) is 18.2 Å². The van der Waals surface area contributed by atoms with Crippen LogP contribution >= 0.6 is 0 Å². The lowest BCUT2D eigenvalue weighted by Gasteiger charge is -2.28. The van der Waals surface area contributed by atoms with Gasteiger partial charge in [-0.25, -0.2) is 4.39 Å². The summed E-state index contributed by atoms with van der Waals surface area (Å²) >= 11 is 0. The minimum atomic E-state index is -0.515. The first-order valence-electron chi connectivity index (χ1n) is 8.13. The van der Waals surface area contributed by atoms with Crippen LogP contribution < -0.4 is 4.74 Å². The van der Waals surface area contributed by atoms with Crippen LogP contribution in [0.1, 0.15) is 34.8 Å². The van der Waals surface area contributed by atoms with Gasteiger partial charge in [-0.15, -0.1) is 10.2 Å². The van der Waals surface area contributed by atoms with Crippen LogP contribution in [0.25, 0.3) is 0 Å². The molecule has 2 aliphatic heterocycles. The SMILES string of the molecule is COc1ccc(C(=O)N2C3CCC2Cn2c(C)nnc2C3)cc1F. The van der Waals surface area contributed by atoms with Crippen LogP contribution in [0, 0.1) is 12.7 Å². The Hall–Kier alpha value is -2.44. The van der Waals surface area contributed by atoms with E-state index in [1.807, 2.05) is 11.8 Å². The van der Waals surface area contributed by atoms with Crippen molar-refractivity contribution in [3.8, 4) is 5.75 Å². The van der Waals surface area contributed by atoms with E-state index in [0.29, 0.717) is 18.5 Å². The van der Waals surface area contributed by atoms with Gasteiger partial charge in [-0.3, -0.25) is 4.79 Å². The Morgan fingerprint density at radius 1 is 1.29 bits per heavy atom. The van der Waals surface area contributed by atoms with Gasteiger partial charge in [0.15, 0.2) is 11.6 Å². The number of fused-ring (bicyclic) bond motifs is 3. The molecule has 3 heterocycles. The molecular weight excluding hydrogens is 311 g/mol. The molecule has 1 amide bonds. The van der Waals surface area contributed by atoms with E-state index in [0.717, 1.165) is 24.5 Å². The van der Waals surface area contributed by atoms with Gasteiger partial charge in [-0.05, 0) is 38.0 Å². The first-order valence-corrected chi connectivity index (χ1v) is 8.13. The zero-order chi connectivity index (χ0) is 16.8. The molecule has 2 aromatic rings. The molecule has 0 N–H and O–H groups in total. The van der Waals surface area contributed by atoms with Crippen molar-refractivity contribution in [2.24, 2.45) is 0 Å².